The average molecular weight is 364 g/mol. The molecule has 0 saturated heterocycles. The standard InChI is InChI=1S/C23H28N2O2/c1-4-13-24(14-5-2)22(26)19-10-8-11-20(16-19)23(27)25-17(3)15-18-9-6-7-12-21(18)25/h6-12,16-17H,4-5,13-15H2,1-3H3. The third-order valence-corrected chi connectivity index (χ3v) is 5.06. The molecule has 0 bridgehead atoms. The lowest BCUT2D eigenvalue weighted by molar-refractivity contribution is 0.0755. The summed E-state index contributed by atoms with van der Waals surface area (Å²) in [6.07, 6.45) is 2.71. The van der Waals surface area contributed by atoms with E-state index in [1.54, 1.807) is 18.2 Å². The molecule has 0 aromatic heterocycles. The summed E-state index contributed by atoms with van der Waals surface area (Å²) in [7, 11) is 0. The van der Waals surface area contributed by atoms with Gasteiger partial charge in [0.1, 0.15) is 0 Å². The predicted molar refractivity (Wildman–Crippen MR) is 109 cm³/mol. The van der Waals surface area contributed by atoms with E-state index in [0.29, 0.717) is 11.1 Å². The molecular weight excluding hydrogens is 336 g/mol. The first-order chi connectivity index (χ1) is 13.1. The van der Waals surface area contributed by atoms with Gasteiger partial charge in [-0.2, -0.15) is 0 Å². The summed E-state index contributed by atoms with van der Waals surface area (Å²) in [6.45, 7) is 7.68. The topological polar surface area (TPSA) is 40.6 Å². The molecule has 3 rings (SSSR count). The quantitative estimate of drug-likeness (QED) is 0.755. The van der Waals surface area contributed by atoms with Gasteiger partial charge in [-0.25, -0.2) is 0 Å². The van der Waals surface area contributed by atoms with Gasteiger partial charge in [0.25, 0.3) is 11.8 Å². The molecule has 4 nitrogen and oxygen atoms in total. The minimum Gasteiger partial charge on any atom is -0.339 e. The minimum absolute atomic E-state index is 0.00298. The third kappa shape index (κ3) is 3.90. The van der Waals surface area contributed by atoms with Crippen LogP contribution in [0.25, 0.3) is 0 Å². The number of amides is 2. The number of carbonyl (C=O) groups is 2. The van der Waals surface area contributed by atoms with Crippen LogP contribution < -0.4 is 4.90 Å². The van der Waals surface area contributed by atoms with Crippen LogP contribution in [-0.2, 0) is 6.42 Å². The number of rotatable bonds is 6. The van der Waals surface area contributed by atoms with Crippen molar-refractivity contribution < 1.29 is 9.59 Å². The Bertz CT molecular complexity index is 825. The normalized spacial score (nSPS) is 15.5. The lowest BCUT2D eigenvalue weighted by Gasteiger charge is -2.24. The fourth-order valence-corrected chi connectivity index (χ4v) is 3.84. The number of para-hydroxylation sites is 1. The van der Waals surface area contributed by atoms with Gasteiger partial charge in [0.2, 0.25) is 0 Å². The summed E-state index contributed by atoms with van der Waals surface area (Å²) >= 11 is 0. The Balaban J connectivity index is 1.87. The third-order valence-electron chi connectivity index (χ3n) is 5.06. The summed E-state index contributed by atoms with van der Waals surface area (Å²) < 4.78 is 0. The molecule has 142 valence electrons. The Morgan fingerprint density at radius 1 is 1.00 bits per heavy atom. The van der Waals surface area contributed by atoms with Crippen molar-refractivity contribution in [3.05, 3.63) is 65.2 Å². The monoisotopic (exact) mass is 364 g/mol. The van der Waals surface area contributed by atoms with E-state index in [1.807, 2.05) is 34.1 Å². The Labute approximate surface area is 161 Å². The molecule has 1 heterocycles. The van der Waals surface area contributed by atoms with Gasteiger partial charge in [-0.15, -0.1) is 0 Å². The summed E-state index contributed by atoms with van der Waals surface area (Å²) in [4.78, 5) is 29.8. The fraction of sp³-hybridized carbons (Fsp3) is 0.391. The van der Waals surface area contributed by atoms with Crippen LogP contribution in [0.5, 0.6) is 0 Å². The van der Waals surface area contributed by atoms with E-state index >= 15 is 0 Å². The van der Waals surface area contributed by atoms with Gasteiger partial charge < -0.3 is 9.80 Å². The molecule has 0 N–H and O–H groups in total. The SMILES string of the molecule is CCCN(CCC)C(=O)c1cccc(C(=O)N2c3ccccc3CC2C)c1. The first kappa shape index (κ1) is 19.2. The summed E-state index contributed by atoms with van der Waals surface area (Å²) in [6, 6.07) is 15.3. The Kier molecular flexibility index (Phi) is 5.94. The summed E-state index contributed by atoms with van der Waals surface area (Å²) in [5.41, 5.74) is 3.33. The Hall–Kier alpha value is -2.62. The molecule has 2 aromatic carbocycles. The largest absolute Gasteiger partial charge is 0.339 e. The molecule has 0 radical (unpaired) electrons. The molecule has 0 fully saturated rings. The summed E-state index contributed by atoms with van der Waals surface area (Å²) in [5.74, 6) is -0.0390. The van der Waals surface area contributed by atoms with E-state index in [-0.39, 0.29) is 17.9 Å². The lowest BCUT2D eigenvalue weighted by Crippen LogP contribution is -2.36. The molecule has 2 aromatic rings. The lowest BCUT2D eigenvalue weighted by atomic mass is 10.1. The molecule has 1 atom stereocenters. The van der Waals surface area contributed by atoms with Gasteiger partial charge in [0, 0.05) is 35.9 Å². The second-order valence-electron chi connectivity index (χ2n) is 7.23. The maximum atomic E-state index is 13.2. The molecule has 2 amide bonds. The zero-order chi connectivity index (χ0) is 19.4. The van der Waals surface area contributed by atoms with Crippen molar-refractivity contribution in [3.63, 3.8) is 0 Å². The first-order valence-electron chi connectivity index (χ1n) is 9.87. The highest BCUT2D eigenvalue weighted by molar-refractivity contribution is 6.09. The fourth-order valence-electron chi connectivity index (χ4n) is 3.84. The molecule has 27 heavy (non-hydrogen) atoms. The van der Waals surface area contributed by atoms with E-state index in [4.69, 9.17) is 0 Å². The molecule has 0 aliphatic carbocycles. The van der Waals surface area contributed by atoms with Crippen LogP contribution >= 0.6 is 0 Å². The van der Waals surface area contributed by atoms with Crippen LogP contribution in [-0.4, -0.2) is 35.8 Å². The highest BCUT2D eigenvalue weighted by atomic mass is 16.2. The minimum atomic E-state index is -0.0420. The van der Waals surface area contributed by atoms with Gasteiger partial charge >= 0.3 is 0 Å². The Morgan fingerprint density at radius 2 is 1.67 bits per heavy atom. The number of hydrogen-bond donors (Lipinski definition) is 0. The number of anilines is 1. The van der Waals surface area contributed by atoms with E-state index < -0.39 is 0 Å². The van der Waals surface area contributed by atoms with Gasteiger partial charge in [-0.3, -0.25) is 9.59 Å². The van der Waals surface area contributed by atoms with Crippen LogP contribution in [0.4, 0.5) is 5.69 Å². The van der Waals surface area contributed by atoms with Gasteiger partial charge in [-0.1, -0.05) is 38.1 Å². The van der Waals surface area contributed by atoms with Gasteiger partial charge in [-0.05, 0) is 56.0 Å². The second-order valence-corrected chi connectivity index (χ2v) is 7.23. The van der Waals surface area contributed by atoms with Crippen LogP contribution in [0, 0.1) is 0 Å². The molecule has 1 unspecified atom stereocenters. The highest BCUT2D eigenvalue weighted by Crippen LogP contribution is 2.33. The van der Waals surface area contributed by atoms with Crippen LogP contribution in [0.2, 0.25) is 0 Å². The molecule has 1 aliphatic heterocycles. The zero-order valence-corrected chi connectivity index (χ0v) is 16.4. The second kappa shape index (κ2) is 8.38. The molecule has 0 spiro atoms. The number of benzene rings is 2. The van der Waals surface area contributed by atoms with E-state index in [1.165, 1.54) is 5.56 Å². The Morgan fingerprint density at radius 3 is 2.37 bits per heavy atom. The number of carbonyl (C=O) groups excluding carboxylic acids is 2. The maximum absolute atomic E-state index is 13.2. The van der Waals surface area contributed by atoms with Gasteiger partial charge in [0.05, 0.1) is 0 Å². The van der Waals surface area contributed by atoms with Crippen molar-refractivity contribution in [1.29, 1.82) is 0 Å². The molecular formula is C23H28N2O2. The van der Waals surface area contributed by atoms with Crippen LogP contribution in [0.15, 0.2) is 48.5 Å². The van der Waals surface area contributed by atoms with Crippen LogP contribution in [0.3, 0.4) is 0 Å². The highest BCUT2D eigenvalue weighted by Gasteiger charge is 2.31. The zero-order valence-electron chi connectivity index (χ0n) is 16.4. The number of nitrogens with zero attached hydrogens (tertiary/aromatic N) is 2. The van der Waals surface area contributed by atoms with E-state index in [9.17, 15) is 9.59 Å². The molecule has 0 saturated carbocycles. The average Bonchev–Trinajstić information content (AvgIpc) is 3.02. The van der Waals surface area contributed by atoms with E-state index in [0.717, 1.165) is 38.0 Å². The number of fused-ring (bicyclic) bond motifs is 1. The molecule has 1 aliphatic rings. The van der Waals surface area contributed by atoms with Crippen molar-refractivity contribution in [2.75, 3.05) is 18.0 Å². The summed E-state index contributed by atoms with van der Waals surface area (Å²) in [5, 5.41) is 0. The van der Waals surface area contributed by atoms with Crippen molar-refractivity contribution in [1.82, 2.24) is 4.90 Å². The molecule has 4 heteroatoms. The van der Waals surface area contributed by atoms with Gasteiger partial charge in [0.15, 0.2) is 0 Å². The van der Waals surface area contributed by atoms with Crippen molar-refractivity contribution in [2.45, 2.75) is 46.1 Å². The van der Waals surface area contributed by atoms with Crippen molar-refractivity contribution >= 4 is 17.5 Å². The van der Waals surface area contributed by atoms with E-state index in [2.05, 4.69) is 26.8 Å². The maximum Gasteiger partial charge on any atom is 0.258 e. The van der Waals surface area contributed by atoms with Crippen molar-refractivity contribution in [3.8, 4) is 0 Å². The van der Waals surface area contributed by atoms with Crippen LogP contribution in [0.1, 0.15) is 59.9 Å². The van der Waals surface area contributed by atoms with Crippen molar-refractivity contribution in [2.24, 2.45) is 0 Å². The number of hydrogen-bond acceptors (Lipinski definition) is 2. The predicted octanol–water partition coefficient (Wildman–Crippen LogP) is 4.54. The smallest absolute Gasteiger partial charge is 0.258 e. The first-order valence-corrected chi connectivity index (χ1v) is 9.87.